The van der Waals surface area contributed by atoms with Crippen molar-refractivity contribution in [3.8, 4) is 0 Å². The lowest BCUT2D eigenvalue weighted by molar-refractivity contribution is 0.0990. The molecule has 0 saturated carbocycles. The van der Waals surface area contributed by atoms with Crippen LogP contribution in [-0.2, 0) is 0 Å². The van der Waals surface area contributed by atoms with Gasteiger partial charge in [0, 0.05) is 12.0 Å². The molecule has 1 aromatic rings. The Hall–Kier alpha value is -1.13. The van der Waals surface area contributed by atoms with Crippen LogP contribution in [0.4, 0.5) is 0 Å². The van der Waals surface area contributed by atoms with Crippen LogP contribution in [0.15, 0.2) is 18.2 Å². The quantitative estimate of drug-likeness (QED) is 0.615. The van der Waals surface area contributed by atoms with E-state index in [9.17, 15) is 4.79 Å². The Morgan fingerprint density at radius 1 is 1.43 bits per heavy atom. The SMILES string of the molecule is CC1CC(=O)c2cc(B(O)O)ccc21. The third-order valence-corrected chi connectivity index (χ3v) is 2.70. The van der Waals surface area contributed by atoms with Crippen LogP contribution in [0.25, 0.3) is 0 Å². The molecule has 0 bridgehead atoms. The molecule has 1 aliphatic rings. The van der Waals surface area contributed by atoms with Gasteiger partial charge in [-0.05, 0) is 16.9 Å². The number of rotatable bonds is 1. The van der Waals surface area contributed by atoms with Crippen LogP contribution >= 0.6 is 0 Å². The summed E-state index contributed by atoms with van der Waals surface area (Å²) in [6.07, 6.45) is 0.528. The minimum absolute atomic E-state index is 0.0926. The molecule has 0 aliphatic heterocycles. The molecule has 0 amide bonds. The third-order valence-electron chi connectivity index (χ3n) is 2.70. The maximum atomic E-state index is 11.5. The van der Waals surface area contributed by atoms with E-state index in [0.29, 0.717) is 17.4 Å². The minimum Gasteiger partial charge on any atom is -0.423 e. The standard InChI is InChI=1S/C10H11BO3/c1-6-4-10(12)9-5-7(11(13)14)2-3-8(6)9/h2-3,5-6,13-14H,4H2,1H3. The van der Waals surface area contributed by atoms with Crippen molar-refractivity contribution < 1.29 is 14.8 Å². The Bertz CT molecular complexity index is 387. The fourth-order valence-electron chi connectivity index (χ4n) is 1.90. The number of carbonyl (C=O) groups is 1. The van der Waals surface area contributed by atoms with Gasteiger partial charge in [0.15, 0.2) is 5.78 Å². The molecule has 1 aromatic carbocycles. The molecule has 0 fully saturated rings. The summed E-state index contributed by atoms with van der Waals surface area (Å²) in [4.78, 5) is 11.5. The van der Waals surface area contributed by atoms with E-state index in [-0.39, 0.29) is 11.7 Å². The first-order chi connectivity index (χ1) is 6.59. The smallest absolute Gasteiger partial charge is 0.423 e. The number of fused-ring (bicyclic) bond motifs is 1. The van der Waals surface area contributed by atoms with Crippen molar-refractivity contribution in [3.63, 3.8) is 0 Å². The number of carbonyl (C=O) groups excluding carboxylic acids is 1. The lowest BCUT2D eigenvalue weighted by atomic mass is 9.79. The van der Waals surface area contributed by atoms with Gasteiger partial charge in [-0.1, -0.05) is 25.1 Å². The summed E-state index contributed by atoms with van der Waals surface area (Å²) in [6, 6.07) is 5.03. The van der Waals surface area contributed by atoms with Gasteiger partial charge in [0.25, 0.3) is 0 Å². The second-order valence-electron chi connectivity index (χ2n) is 3.75. The molecule has 0 spiro atoms. The van der Waals surface area contributed by atoms with Gasteiger partial charge in [0.1, 0.15) is 0 Å². The summed E-state index contributed by atoms with van der Waals surface area (Å²) in [5, 5.41) is 17.9. The zero-order valence-electron chi connectivity index (χ0n) is 7.90. The lowest BCUT2D eigenvalue weighted by Crippen LogP contribution is -2.30. The van der Waals surface area contributed by atoms with Crippen LogP contribution in [0.1, 0.15) is 35.2 Å². The van der Waals surface area contributed by atoms with Gasteiger partial charge in [0.05, 0.1) is 0 Å². The Morgan fingerprint density at radius 2 is 2.14 bits per heavy atom. The molecule has 3 nitrogen and oxygen atoms in total. The summed E-state index contributed by atoms with van der Waals surface area (Å²) in [7, 11) is -1.50. The second-order valence-corrected chi connectivity index (χ2v) is 3.75. The van der Waals surface area contributed by atoms with E-state index in [1.54, 1.807) is 18.2 Å². The summed E-state index contributed by atoms with van der Waals surface area (Å²) >= 11 is 0. The van der Waals surface area contributed by atoms with Crippen LogP contribution in [0.2, 0.25) is 0 Å². The van der Waals surface area contributed by atoms with Crippen molar-refractivity contribution in [1.82, 2.24) is 0 Å². The molecule has 0 heterocycles. The lowest BCUT2D eigenvalue weighted by Gasteiger charge is -2.04. The van der Waals surface area contributed by atoms with Crippen LogP contribution in [0.3, 0.4) is 0 Å². The molecule has 0 aromatic heterocycles. The minimum atomic E-state index is -1.50. The highest BCUT2D eigenvalue weighted by atomic mass is 16.4. The van der Waals surface area contributed by atoms with Crippen molar-refractivity contribution in [2.75, 3.05) is 0 Å². The predicted octanol–water partition coefficient (Wildman–Crippen LogP) is 0.0563. The normalized spacial score (nSPS) is 19.6. The average Bonchev–Trinajstić information content (AvgIpc) is 2.42. The maximum absolute atomic E-state index is 11.5. The first-order valence-electron chi connectivity index (χ1n) is 4.63. The largest absolute Gasteiger partial charge is 0.488 e. The van der Waals surface area contributed by atoms with Crippen LogP contribution < -0.4 is 5.46 Å². The fourth-order valence-corrected chi connectivity index (χ4v) is 1.90. The molecule has 1 aliphatic carbocycles. The van der Waals surface area contributed by atoms with Gasteiger partial charge in [-0.25, -0.2) is 0 Å². The van der Waals surface area contributed by atoms with E-state index in [1.807, 2.05) is 6.92 Å². The Kier molecular flexibility index (Phi) is 2.17. The molecule has 0 saturated heterocycles. The van der Waals surface area contributed by atoms with E-state index in [1.165, 1.54) is 0 Å². The van der Waals surface area contributed by atoms with Crippen molar-refractivity contribution in [3.05, 3.63) is 29.3 Å². The fraction of sp³-hybridized carbons (Fsp3) is 0.300. The number of hydrogen-bond acceptors (Lipinski definition) is 3. The molecule has 1 atom stereocenters. The van der Waals surface area contributed by atoms with E-state index < -0.39 is 7.12 Å². The van der Waals surface area contributed by atoms with Gasteiger partial charge in [-0.3, -0.25) is 4.79 Å². The maximum Gasteiger partial charge on any atom is 0.488 e. The molecule has 0 radical (unpaired) electrons. The monoisotopic (exact) mass is 190 g/mol. The van der Waals surface area contributed by atoms with Crippen molar-refractivity contribution in [2.24, 2.45) is 0 Å². The first-order valence-corrected chi connectivity index (χ1v) is 4.63. The molecular weight excluding hydrogens is 179 g/mol. The molecule has 4 heteroatoms. The van der Waals surface area contributed by atoms with E-state index in [2.05, 4.69) is 0 Å². The van der Waals surface area contributed by atoms with Crippen molar-refractivity contribution in [2.45, 2.75) is 19.3 Å². The molecule has 14 heavy (non-hydrogen) atoms. The molecule has 2 rings (SSSR count). The molecule has 72 valence electrons. The van der Waals surface area contributed by atoms with Crippen LogP contribution in [-0.4, -0.2) is 22.9 Å². The number of benzene rings is 1. The molecule has 1 unspecified atom stereocenters. The number of ketones is 1. The Morgan fingerprint density at radius 3 is 2.79 bits per heavy atom. The van der Waals surface area contributed by atoms with Crippen LogP contribution in [0, 0.1) is 0 Å². The highest BCUT2D eigenvalue weighted by Crippen LogP contribution is 2.31. The number of hydrogen-bond donors (Lipinski definition) is 2. The predicted molar refractivity (Wildman–Crippen MR) is 53.6 cm³/mol. The van der Waals surface area contributed by atoms with Crippen molar-refractivity contribution in [1.29, 1.82) is 0 Å². The van der Waals surface area contributed by atoms with Gasteiger partial charge < -0.3 is 10.0 Å². The Labute approximate surface area is 82.5 Å². The van der Waals surface area contributed by atoms with Gasteiger partial charge in [0.2, 0.25) is 0 Å². The average molecular weight is 190 g/mol. The highest BCUT2D eigenvalue weighted by Gasteiger charge is 2.27. The van der Waals surface area contributed by atoms with E-state index in [4.69, 9.17) is 10.0 Å². The van der Waals surface area contributed by atoms with Crippen molar-refractivity contribution >= 4 is 18.4 Å². The molecular formula is C10H11BO3. The second kappa shape index (κ2) is 3.22. The first kappa shape index (κ1) is 9.43. The van der Waals surface area contributed by atoms with Gasteiger partial charge >= 0.3 is 7.12 Å². The highest BCUT2D eigenvalue weighted by molar-refractivity contribution is 6.58. The summed E-state index contributed by atoms with van der Waals surface area (Å²) in [5.41, 5.74) is 2.04. The van der Waals surface area contributed by atoms with E-state index >= 15 is 0 Å². The number of Topliss-reactive ketones (excluding diaryl/α,β-unsaturated/α-hetero) is 1. The zero-order chi connectivity index (χ0) is 10.3. The summed E-state index contributed by atoms with van der Waals surface area (Å²) < 4.78 is 0. The molecule has 2 N–H and O–H groups in total. The topological polar surface area (TPSA) is 57.5 Å². The zero-order valence-corrected chi connectivity index (χ0v) is 7.90. The summed E-state index contributed by atoms with van der Waals surface area (Å²) in [6.45, 7) is 2.00. The third kappa shape index (κ3) is 1.36. The van der Waals surface area contributed by atoms with Gasteiger partial charge in [-0.15, -0.1) is 0 Å². The van der Waals surface area contributed by atoms with Crippen LogP contribution in [0.5, 0.6) is 0 Å². The summed E-state index contributed by atoms with van der Waals surface area (Å²) in [5.74, 6) is 0.345. The Balaban J connectivity index is 2.50. The van der Waals surface area contributed by atoms with Gasteiger partial charge in [-0.2, -0.15) is 0 Å². The van der Waals surface area contributed by atoms with E-state index in [0.717, 1.165) is 5.56 Å².